The summed E-state index contributed by atoms with van der Waals surface area (Å²) in [6.45, 7) is 1.97. The summed E-state index contributed by atoms with van der Waals surface area (Å²) in [5, 5.41) is 2.80. The van der Waals surface area contributed by atoms with Crippen LogP contribution < -0.4 is 15.6 Å². The van der Waals surface area contributed by atoms with Crippen molar-refractivity contribution in [3.8, 4) is 17.1 Å². The van der Waals surface area contributed by atoms with Crippen molar-refractivity contribution in [2.75, 3.05) is 14.2 Å². The van der Waals surface area contributed by atoms with Crippen molar-refractivity contribution in [2.24, 2.45) is 0 Å². The Labute approximate surface area is 184 Å². The van der Waals surface area contributed by atoms with E-state index >= 15 is 0 Å². The molecule has 1 aromatic carbocycles. The Hall–Kier alpha value is -4.01. The van der Waals surface area contributed by atoms with Crippen LogP contribution in [0.2, 0.25) is 0 Å². The van der Waals surface area contributed by atoms with Crippen LogP contribution in [0.1, 0.15) is 33.6 Å². The number of nitrogens with zero attached hydrogens (tertiary/aromatic N) is 2. The summed E-state index contributed by atoms with van der Waals surface area (Å²) in [7, 11) is 2.75. The molecule has 0 aliphatic carbocycles. The minimum atomic E-state index is -0.521. The van der Waals surface area contributed by atoms with E-state index in [9.17, 15) is 14.4 Å². The number of benzene rings is 1. The van der Waals surface area contributed by atoms with Crippen LogP contribution in [0, 0.1) is 6.92 Å². The molecule has 0 saturated heterocycles. The highest BCUT2D eigenvalue weighted by molar-refractivity contribution is 5.92. The molecule has 0 saturated carbocycles. The molecule has 2 heterocycles. The summed E-state index contributed by atoms with van der Waals surface area (Å²) in [6, 6.07) is 8.53. The molecular weight excluding hydrogens is 412 g/mol. The van der Waals surface area contributed by atoms with Crippen molar-refractivity contribution in [3.05, 3.63) is 75.5 Å². The van der Waals surface area contributed by atoms with Crippen molar-refractivity contribution in [3.63, 3.8) is 0 Å². The topological polar surface area (TPSA) is 123 Å². The molecule has 32 heavy (non-hydrogen) atoms. The van der Waals surface area contributed by atoms with E-state index in [-0.39, 0.29) is 36.4 Å². The summed E-state index contributed by atoms with van der Waals surface area (Å²) in [4.78, 5) is 47.9. The van der Waals surface area contributed by atoms with Crippen molar-refractivity contribution >= 4 is 11.9 Å². The van der Waals surface area contributed by atoms with Gasteiger partial charge < -0.3 is 19.8 Å². The number of hydrogen-bond donors (Lipinski definition) is 2. The van der Waals surface area contributed by atoms with Crippen molar-refractivity contribution in [2.45, 2.75) is 26.3 Å². The fraction of sp³-hybridized carbons (Fsp3) is 0.261. The maximum atomic E-state index is 12.5. The number of aromatic nitrogens is 3. The third kappa shape index (κ3) is 5.37. The van der Waals surface area contributed by atoms with E-state index < -0.39 is 5.97 Å². The van der Waals surface area contributed by atoms with Crippen LogP contribution in [0.5, 0.6) is 5.75 Å². The van der Waals surface area contributed by atoms with Gasteiger partial charge in [0.25, 0.3) is 5.56 Å². The Morgan fingerprint density at radius 1 is 1.12 bits per heavy atom. The predicted octanol–water partition coefficient (Wildman–Crippen LogP) is 2.18. The van der Waals surface area contributed by atoms with E-state index in [1.165, 1.54) is 14.2 Å². The Morgan fingerprint density at radius 3 is 2.53 bits per heavy atom. The van der Waals surface area contributed by atoms with Crippen LogP contribution in [0.25, 0.3) is 11.4 Å². The first-order valence-electron chi connectivity index (χ1n) is 9.95. The normalized spacial score (nSPS) is 10.5. The molecule has 0 atom stereocenters. The van der Waals surface area contributed by atoms with Crippen molar-refractivity contribution in [1.29, 1.82) is 0 Å². The number of methoxy groups -OCH3 is 2. The quantitative estimate of drug-likeness (QED) is 0.519. The number of amides is 1. The molecule has 0 radical (unpaired) electrons. The number of esters is 1. The zero-order chi connectivity index (χ0) is 23.1. The zero-order valence-corrected chi connectivity index (χ0v) is 18.1. The number of ether oxygens (including phenoxy) is 2. The second-order valence-corrected chi connectivity index (χ2v) is 7.02. The maximum Gasteiger partial charge on any atom is 0.341 e. The second-order valence-electron chi connectivity index (χ2n) is 7.02. The van der Waals surface area contributed by atoms with Crippen molar-refractivity contribution < 1.29 is 19.1 Å². The third-order valence-corrected chi connectivity index (χ3v) is 4.94. The smallest absolute Gasteiger partial charge is 0.341 e. The molecule has 9 nitrogen and oxygen atoms in total. The average Bonchev–Trinajstić information content (AvgIpc) is 2.81. The van der Waals surface area contributed by atoms with Gasteiger partial charge in [-0.25, -0.2) is 9.78 Å². The largest absolute Gasteiger partial charge is 0.496 e. The molecule has 1 amide bonds. The molecule has 0 aliphatic rings. The second kappa shape index (κ2) is 10.3. The summed E-state index contributed by atoms with van der Waals surface area (Å²) < 4.78 is 9.92. The molecule has 2 N–H and O–H groups in total. The highest BCUT2D eigenvalue weighted by Gasteiger charge is 2.15. The summed E-state index contributed by atoms with van der Waals surface area (Å²) >= 11 is 0. The van der Waals surface area contributed by atoms with Gasteiger partial charge in [-0.3, -0.25) is 14.6 Å². The lowest BCUT2D eigenvalue weighted by Crippen LogP contribution is -2.25. The van der Waals surface area contributed by atoms with Crippen LogP contribution in [-0.4, -0.2) is 41.0 Å². The van der Waals surface area contributed by atoms with E-state index in [0.29, 0.717) is 22.8 Å². The van der Waals surface area contributed by atoms with E-state index in [1.54, 1.807) is 49.6 Å². The van der Waals surface area contributed by atoms with Gasteiger partial charge in [0.2, 0.25) is 5.91 Å². The molecule has 3 rings (SSSR count). The average molecular weight is 436 g/mol. The third-order valence-electron chi connectivity index (χ3n) is 4.94. The monoisotopic (exact) mass is 436 g/mol. The molecular formula is C23H24N4O5. The minimum absolute atomic E-state index is 0.125. The standard InChI is InChI=1S/C23H24N4O5/c1-14-17(22(29)27-21(26-14)16-8-10-24-11-9-16)5-7-20(28)25-13-15-4-6-19(31-2)18(12-15)23(30)32-3/h4,6,8-12H,5,7,13H2,1-3H3,(H,25,28)(H,26,27,29). The molecule has 166 valence electrons. The van der Waals surface area contributed by atoms with Crippen LogP contribution in [0.4, 0.5) is 0 Å². The lowest BCUT2D eigenvalue weighted by atomic mass is 10.1. The first-order chi connectivity index (χ1) is 15.4. The SMILES string of the molecule is COC(=O)c1cc(CNC(=O)CCc2c(C)nc(-c3ccncc3)[nH]c2=O)ccc1OC. The number of hydrogen-bond acceptors (Lipinski definition) is 7. The Bertz CT molecular complexity index is 1170. The van der Waals surface area contributed by atoms with E-state index in [4.69, 9.17) is 9.47 Å². The fourth-order valence-electron chi connectivity index (χ4n) is 3.21. The Balaban J connectivity index is 1.62. The zero-order valence-electron chi connectivity index (χ0n) is 18.1. The Kier molecular flexibility index (Phi) is 7.33. The van der Waals surface area contributed by atoms with Gasteiger partial charge in [0, 0.05) is 42.2 Å². The summed E-state index contributed by atoms with van der Waals surface area (Å²) in [5.74, 6) is 0.109. The van der Waals surface area contributed by atoms with Crippen LogP contribution >= 0.6 is 0 Å². The predicted molar refractivity (Wildman–Crippen MR) is 117 cm³/mol. The molecule has 3 aromatic rings. The van der Waals surface area contributed by atoms with Crippen LogP contribution in [0.3, 0.4) is 0 Å². The lowest BCUT2D eigenvalue weighted by Gasteiger charge is -2.11. The molecule has 0 spiro atoms. The minimum Gasteiger partial charge on any atom is -0.496 e. The number of H-pyrrole nitrogens is 1. The molecule has 0 aliphatic heterocycles. The molecule has 0 unspecified atom stereocenters. The fourth-order valence-corrected chi connectivity index (χ4v) is 3.21. The van der Waals surface area contributed by atoms with Crippen LogP contribution in [0.15, 0.2) is 47.5 Å². The van der Waals surface area contributed by atoms with Gasteiger partial charge in [0.05, 0.1) is 14.2 Å². The van der Waals surface area contributed by atoms with Gasteiger partial charge in [-0.2, -0.15) is 0 Å². The van der Waals surface area contributed by atoms with E-state index in [2.05, 4.69) is 20.3 Å². The van der Waals surface area contributed by atoms with Gasteiger partial charge in [-0.1, -0.05) is 6.07 Å². The highest BCUT2D eigenvalue weighted by Crippen LogP contribution is 2.21. The van der Waals surface area contributed by atoms with Crippen LogP contribution in [-0.2, 0) is 22.5 Å². The number of carbonyl (C=O) groups excluding carboxylic acids is 2. The molecule has 0 bridgehead atoms. The van der Waals surface area contributed by atoms with Gasteiger partial charge in [-0.15, -0.1) is 0 Å². The molecule has 2 aromatic heterocycles. The summed E-state index contributed by atoms with van der Waals surface area (Å²) in [5.41, 5.74) is 2.54. The number of aromatic amines is 1. The van der Waals surface area contributed by atoms with E-state index in [0.717, 1.165) is 11.1 Å². The first-order valence-corrected chi connectivity index (χ1v) is 9.95. The van der Waals surface area contributed by atoms with Gasteiger partial charge in [0.15, 0.2) is 0 Å². The van der Waals surface area contributed by atoms with Gasteiger partial charge >= 0.3 is 5.97 Å². The van der Waals surface area contributed by atoms with E-state index in [1.807, 2.05) is 0 Å². The maximum absolute atomic E-state index is 12.5. The molecule has 0 fully saturated rings. The van der Waals surface area contributed by atoms with Gasteiger partial charge in [0.1, 0.15) is 17.1 Å². The number of carbonyl (C=O) groups is 2. The van der Waals surface area contributed by atoms with Crippen molar-refractivity contribution in [1.82, 2.24) is 20.3 Å². The number of pyridine rings is 1. The number of nitrogens with one attached hydrogen (secondary N) is 2. The van der Waals surface area contributed by atoms with Gasteiger partial charge in [-0.05, 0) is 43.2 Å². The Morgan fingerprint density at radius 2 is 1.88 bits per heavy atom. The summed E-state index contributed by atoms with van der Waals surface area (Å²) in [6.07, 6.45) is 3.63. The first kappa shape index (κ1) is 22.7. The highest BCUT2D eigenvalue weighted by atomic mass is 16.5. The number of rotatable bonds is 8. The lowest BCUT2D eigenvalue weighted by molar-refractivity contribution is -0.121. The number of aryl methyl sites for hydroxylation is 1. The molecule has 9 heteroatoms.